The van der Waals surface area contributed by atoms with E-state index >= 15 is 0 Å². The van der Waals surface area contributed by atoms with E-state index < -0.39 is 12.1 Å². The fourth-order valence-corrected chi connectivity index (χ4v) is 3.07. The molecule has 1 aromatic carbocycles. The first-order chi connectivity index (χ1) is 11.0. The Morgan fingerprint density at radius 1 is 1.35 bits per heavy atom. The van der Waals surface area contributed by atoms with E-state index in [0.717, 1.165) is 16.3 Å². The molecule has 1 atom stereocenters. The number of ether oxygens (including phenoxy) is 1. The van der Waals surface area contributed by atoms with E-state index in [1.54, 1.807) is 23.5 Å². The van der Waals surface area contributed by atoms with E-state index in [1.807, 2.05) is 24.4 Å². The summed E-state index contributed by atoms with van der Waals surface area (Å²) in [5.74, 6) is -1.22. The van der Waals surface area contributed by atoms with Gasteiger partial charge in [0, 0.05) is 23.1 Å². The number of benzene rings is 1. The number of hydrogen-bond acceptors (Lipinski definition) is 5. The van der Waals surface area contributed by atoms with E-state index in [4.69, 9.17) is 9.84 Å². The Hall–Kier alpha value is -2.25. The molecule has 1 saturated heterocycles. The lowest BCUT2D eigenvalue weighted by Crippen LogP contribution is -2.48. The topological polar surface area (TPSA) is 79.7 Å². The third-order valence-electron chi connectivity index (χ3n) is 3.68. The maximum Gasteiger partial charge on any atom is 0.334 e. The summed E-state index contributed by atoms with van der Waals surface area (Å²) in [6.07, 6.45) is -0.954. The first-order valence-corrected chi connectivity index (χ1v) is 8.09. The molecule has 6 nitrogen and oxygen atoms in total. The SMILES string of the molecule is Cc1nc(-c2ccc(C(=O)N3CCOC(C(=O)O)C3)cc2)cs1. The Morgan fingerprint density at radius 2 is 2.09 bits per heavy atom. The molecule has 120 valence electrons. The molecule has 0 spiro atoms. The minimum Gasteiger partial charge on any atom is -0.479 e. The van der Waals surface area contributed by atoms with Crippen molar-refractivity contribution in [2.45, 2.75) is 13.0 Å². The van der Waals surface area contributed by atoms with E-state index in [0.29, 0.717) is 12.1 Å². The highest BCUT2D eigenvalue weighted by atomic mass is 32.1. The lowest BCUT2D eigenvalue weighted by Gasteiger charge is -2.30. The van der Waals surface area contributed by atoms with Crippen LogP contribution < -0.4 is 0 Å². The Balaban J connectivity index is 1.74. The quantitative estimate of drug-likeness (QED) is 0.930. The number of morpholine rings is 1. The predicted molar refractivity (Wildman–Crippen MR) is 85.6 cm³/mol. The van der Waals surface area contributed by atoms with Crippen molar-refractivity contribution >= 4 is 23.2 Å². The summed E-state index contributed by atoms with van der Waals surface area (Å²) >= 11 is 1.58. The van der Waals surface area contributed by atoms with Crippen LogP contribution in [0.2, 0.25) is 0 Å². The Kier molecular flexibility index (Phi) is 4.40. The molecule has 1 fully saturated rings. The summed E-state index contributed by atoms with van der Waals surface area (Å²) in [6.45, 7) is 2.65. The second-order valence-electron chi connectivity index (χ2n) is 5.28. The molecule has 1 N–H and O–H groups in total. The summed E-state index contributed by atoms with van der Waals surface area (Å²) < 4.78 is 5.13. The molecule has 7 heteroatoms. The molecule has 0 bridgehead atoms. The highest BCUT2D eigenvalue weighted by Crippen LogP contribution is 2.22. The van der Waals surface area contributed by atoms with Crippen LogP contribution in [0.4, 0.5) is 0 Å². The van der Waals surface area contributed by atoms with Crippen molar-refractivity contribution in [1.29, 1.82) is 0 Å². The van der Waals surface area contributed by atoms with Gasteiger partial charge in [-0.2, -0.15) is 0 Å². The molecule has 0 radical (unpaired) electrons. The van der Waals surface area contributed by atoms with E-state index in [9.17, 15) is 9.59 Å². The third kappa shape index (κ3) is 3.40. The number of rotatable bonds is 3. The van der Waals surface area contributed by atoms with Crippen LogP contribution in [0.25, 0.3) is 11.3 Å². The predicted octanol–water partition coefficient (Wildman–Crippen LogP) is 2.04. The number of amides is 1. The number of thiazole rings is 1. The number of carbonyl (C=O) groups excluding carboxylic acids is 1. The number of carbonyl (C=O) groups is 2. The molecule has 0 saturated carbocycles. The van der Waals surface area contributed by atoms with E-state index in [1.165, 1.54) is 4.90 Å². The highest BCUT2D eigenvalue weighted by Gasteiger charge is 2.29. The van der Waals surface area contributed by atoms with Gasteiger partial charge in [0.15, 0.2) is 6.10 Å². The first kappa shape index (κ1) is 15.6. The number of aliphatic carboxylic acids is 1. The maximum absolute atomic E-state index is 12.5. The zero-order chi connectivity index (χ0) is 16.4. The minimum absolute atomic E-state index is 0.0706. The van der Waals surface area contributed by atoms with Gasteiger partial charge in [0.2, 0.25) is 0 Å². The van der Waals surface area contributed by atoms with Crippen LogP contribution in [-0.4, -0.2) is 52.7 Å². The molecule has 1 aliphatic heterocycles. The van der Waals surface area contributed by atoms with Crippen LogP contribution in [0.3, 0.4) is 0 Å². The van der Waals surface area contributed by atoms with Crippen molar-refractivity contribution in [3.63, 3.8) is 0 Å². The number of aryl methyl sites for hydroxylation is 1. The van der Waals surface area contributed by atoms with Crippen molar-refractivity contribution in [3.8, 4) is 11.3 Å². The summed E-state index contributed by atoms with van der Waals surface area (Å²) in [6, 6.07) is 7.21. The van der Waals surface area contributed by atoms with Crippen LogP contribution in [0.15, 0.2) is 29.6 Å². The van der Waals surface area contributed by atoms with Crippen LogP contribution in [0, 0.1) is 6.92 Å². The molecule has 3 rings (SSSR count). The summed E-state index contributed by atoms with van der Waals surface area (Å²) in [7, 11) is 0. The van der Waals surface area contributed by atoms with Crippen molar-refractivity contribution in [2.24, 2.45) is 0 Å². The van der Waals surface area contributed by atoms with Crippen molar-refractivity contribution in [1.82, 2.24) is 9.88 Å². The third-order valence-corrected chi connectivity index (χ3v) is 4.45. The van der Waals surface area contributed by atoms with Crippen LogP contribution in [0.1, 0.15) is 15.4 Å². The average molecular weight is 332 g/mol. The lowest BCUT2D eigenvalue weighted by molar-refractivity contribution is -0.154. The Morgan fingerprint density at radius 3 is 2.70 bits per heavy atom. The highest BCUT2D eigenvalue weighted by molar-refractivity contribution is 7.09. The minimum atomic E-state index is -1.04. The van der Waals surface area contributed by atoms with Crippen LogP contribution >= 0.6 is 11.3 Å². The fourth-order valence-electron chi connectivity index (χ4n) is 2.45. The molecule has 2 aromatic rings. The molecular weight excluding hydrogens is 316 g/mol. The molecule has 1 aliphatic rings. The van der Waals surface area contributed by atoms with Crippen molar-refractivity contribution < 1.29 is 19.4 Å². The lowest BCUT2D eigenvalue weighted by atomic mass is 10.1. The second kappa shape index (κ2) is 6.47. The molecule has 1 unspecified atom stereocenters. The molecule has 2 heterocycles. The van der Waals surface area contributed by atoms with Crippen molar-refractivity contribution in [3.05, 3.63) is 40.2 Å². The monoisotopic (exact) mass is 332 g/mol. The van der Waals surface area contributed by atoms with Crippen molar-refractivity contribution in [2.75, 3.05) is 19.7 Å². The Labute approximate surface area is 137 Å². The average Bonchev–Trinajstić information content (AvgIpc) is 3.01. The molecular formula is C16H16N2O4S. The fraction of sp³-hybridized carbons (Fsp3) is 0.312. The number of aromatic nitrogens is 1. The van der Waals surface area contributed by atoms with Gasteiger partial charge in [0.05, 0.1) is 23.9 Å². The van der Waals surface area contributed by atoms with Gasteiger partial charge in [0.25, 0.3) is 5.91 Å². The van der Waals surface area contributed by atoms with Gasteiger partial charge < -0.3 is 14.7 Å². The zero-order valence-electron chi connectivity index (χ0n) is 12.6. The number of nitrogens with zero attached hydrogens (tertiary/aromatic N) is 2. The number of hydrogen-bond donors (Lipinski definition) is 1. The molecule has 0 aliphatic carbocycles. The summed E-state index contributed by atoms with van der Waals surface area (Å²) in [5.41, 5.74) is 2.38. The Bertz CT molecular complexity index is 726. The standard InChI is InChI=1S/C16H16N2O4S/c1-10-17-13(9-23-10)11-2-4-12(5-3-11)15(19)18-6-7-22-14(8-18)16(20)21/h2-5,9,14H,6-8H2,1H3,(H,20,21). The van der Waals surface area contributed by atoms with Gasteiger partial charge in [0.1, 0.15) is 0 Å². The van der Waals surface area contributed by atoms with Crippen LogP contribution in [0.5, 0.6) is 0 Å². The number of carboxylic acids is 1. The van der Waals surface area contributed by atoms with E-state index in [-0.39, 0.29) is 19.1 Å². The second-order valence-corrected chi connectivity index (χ2v) is 6.34. The van der Waals surface area contributed by atoms with Gasteiger partial charge >= 0.3 is 5.97 Å². The maximum atomic E-state index is 12.5. The first-order valence-electron chi connectivity index (χ1n) is 7.21. The zero-order valence-corrected chi connectivity index (χ0v) is 13.4. The van der Waals surface area contributed by atoms with Crippen LogP contribution in [-0.2, 0) is 9.53 Å². The van der Waals surface area contributed by atoms with E-state index in [2.05, 4.69) is 4.98 Å². The smallest absolute Gasteiger partial charge is 0.334 e. The summed E-state index contributed by atoms with van der Waals surface area (Å²) in [4.78, 5) is 29.4. The van der Waals surface area contributed by atoms with Gasteiger partial charge in [-0.15, -0.1) is 11.3 Å². The van der Waals surface area contributed by atoms with Gasteiger partial charge in [-0.1, -0.05) is 12.1 Å². The van der Waals surface area contributed by atoms with Gasteiger partial charge in [-0.25, -0.2) is 9.78 Å². The largest absolute Gasteiger partial charge is 0.479 e. The molecule has 23 heavy (non-hydrogen) atoms. The molecule has 1 amide bonds. The molecule has 1 aromatic heterocycles. The van der Waals surface area contributed by atoms with Gasteiger partial charge in [-0.05, 0) is 19.1 Å². The number of carboxylic acid groups (broad SMARTS) is 1. The summed E-state index contributed by atoms with van der Waals surface area (Å²) in [5, 5.41) is 12.0. The van der Waals surface area contributed by atoms with Gasteiger partial charge in [-0.3, -0.25) is 4.79 Å². The normalized spacial score (nSPS) is 18.0.